The van der Waals surface area contributed by atoms with Crippen molar-refractivity contribution >= 4 is 49.2 Å². The Morgan fingerprint density at radius 2 is 1.90 bits per heavy atom. The normalized spacial score (nSPS) is 11.9. The predicted molar refractivity (Wildman–Crippen MR) is 120 cm³/mol. The summed E-state index contributed by atoms with van der Waals surface area (Å²) >= 11 is 1.20. The molecule has 0 saturated carbocycles. The first-order valence-corrected chi connectivity index (χ1v) is 12.2. The van der Waals surface area contributed by atoms with Crippen LogP contribution in [-0.2, 0) is 28.3 Å². The van der Waals surface area contributed by atoms with Crippen LogP contribution < -0.4 is 5.32 Å². The molecule has 2 heterocycles. The Bertz CT molecular complexity index is 1230. The number of aromatic nitrogens is 3. The number of benzene rings is 1. The van der Waals surface area contributed by atoms with E-state index in [9.17, 15) is 18.0 Å². The molecule has 0 saturated heterocycles. The summed E-state index contributed by atoms with van der Waals surface area (Å²) in [6, 6.07) is 4.90. The second kappa shape index (κ2) is 9.25. The number of rotatable bonds is 9. The van der Waals surface area contributed by atoms with Crippen LogP contribution in [-0.4, -0.2) is 52.0 Å². The molecule has 0 radical (unpaired) electrons. The number of nitrogens with one attached hydrogen (secondary N) is 1. The Hall–Kier alpha value is -2.63. The third-order valence-electron chi connectivity index (χ3n) is 4.98. The van der Waals surface area contributed by atoms with Gasteiger partial charge in [0.2, 0.25) is 15.9 Å². The summed E-state index contributed by atoms with van der Waals surface area (Å²) in [5, 5.41) is 4.67. The van der Waals surface area contributed by atoms with Crippen LogP contribution in [0.3, 0.4) is 0 Å². The van der Waals surface area contributed by atoms with Crippen LogP contribution in [0.15, 0.2) is 28.5 Å². The summed E-state index contributed by atoms with van der Waals surface area (Å²) in [5.41, 5.74) is 1.68. The Morgan fingerprint density at radius 3 is 2.52 bits per heavy atom. The van der Waals surface area contributed by atoms with E-state index in [1.54, 1.807) is 37.4 Å². The number of nitrogens with zero attached hydrogens (tertiary/aromatic N) is 4. The van der Waals surface area contributed by atoms with E-state index >= 15 is 0 Å². The lowest BCUT2D eigenvalue weighted by Gasteiger charge is -2.18. The number of aryl methyl sites for hydroxylation is 2. The molecule has 1 aromatic carbocycles. The van der Waals surface area contributed by atoms with E-state index in [-0.39, 0.29) is 23.0 Å². The predicted octanol–water partition coefficient (Wildman–Crippen LogP) is 2.83. The molecule has 0 atom stereocenters. The van der Waals surface area contributed by atoms with Gasteiger partial charge in [-0.3, -0.25) is 9.59 Å². The molecular formula is C20H25N5O4S2. The number of anilines is 1. The number of amides is 1. The van der Waals surface area contributed by atoms with Crippen molar-refractivity contribution in [1.82, 2.24) is 18.8 Å². The topological polar surface area (TPSA) is 114 Å². The monoisotopic (exact) mass is 463 g/mol. The third kappa shape index (κ3) is 4.83. The number of ketones is 1. The number of hydrogen-bond donors (Lipinski definition) is 1. The van der Waals surface area contributed by atoms with Crippen molar-refractivity contribution in [3.05, 3.63) is 35.1 Å². The number of sulfonamides is 1. The van der Waals surface area contributed by atoms with E-state index in [0.29, 0.717) is 41.7 Å². The molecular weight excluding hydrogens is 438 g/mol. The van der Waals surface area contributed by atoms with Crippen molar-refractivity contribution in [2.75, 3.05) is 18.4 Å². The van der Waals surface area contributed by atoms with Crippen LogP contribution in [0.5, 0.6) is 0 Å². The van der Waals surface area contributed by atoms with Gasteiger partial charge in [-0.15, -0.1) is 11.3 Å². The number of thiazole rings is 1. The molecule has 0 aliphatic carbocycles. The van der Waals surface area contributed by atoms with Crippen molar-refractivity contribution in [3.63, 3.8) is 0 Å². The summed E-state index contributed by atoms with van der Waals surface area (Å²) < 4.78 is 28.8. The highest BCUT2D eigenvalue weighted by Crippen LogP contribution is 2.23. The standard InChI is InChI=1S/C20H25N5O4S2/c1-5-25(6-2)31(28,29)14-7-8-17-15(11-14)21-18(24(17)4)9-10-19(27)23-20-22-16(12-30-20)13(3)26/h7-8,11-12H,5-6,9-10H2,1-4H3,(H,22,23,27). The first kappa shape index (κ1) is 23.0. The fourth-order valence-corrected chi connectivity index (χ4v) is 5.47. The lowest BCUT2D eigenvalue weighted by molar-refractivity contribution is -0.116. The van der Waals surface area contributed by atoms with Crippen molar-refractivity contribution in [1.29, 1.82) is 0 Å². The molecule has 3 rings (SSSR count). The van der Waals surface area contributed by atoms with Gasteiger partial charge in [0.1, 0.15) is 11.5 Å². The lowest BCUT2D eigenvalue weighted by Crippen LogP contribution is -2.30. The minimum absolute atomic E-state index is 0.154. The Labute approximate surface area is 185 Å². The second-order valence-electron chi connectivity index (χ2n) is 6.97. The second-order valence-corrected chi connectivity index (χ2v) is 9.77. The number of carbonyl (C=O) groups is 2. The van der Waals surface area contributed by atoms with E-state index in [1.165, 1.54) is 22.6 Å². The molecule has 0 aliphatic rings. The molecule has 2 aromatic heterocycles. The highest BCUT2D eigenvalue weighted by molar-refractivity contribution is 7.89. The molecule has 1 amide bonds. The van der Waals surface area contributed by atoms with E-state index in [0.717, 1.165) is 5.52 Å². The van der Waals surface area contributed by atoms with Gasteiger partial charge in [0.25, 0.3) is 0 Å². The molecule has 166 valence electrons. The summed E-state index contributed by atoms with van der Waals surface area (Å²) in [6.07, 6.45) is 0.552. The van der Waals surface area contributed by atoms with Gasteiger partial charge in [-0.25, -0.2) is 18.4 Å². The molecule has 0 fully saturated rings. The number of Topliss-reactive ketones (excluding diaryl/α,β-unsaturated/α-hetero) is 1. The molecule has 0 bridgehead atoms. The fourth-order valence-electron chi connectivity index (χ4n) is 3.23. The summed E-state index contributed by atoms with van der Waals surface area (Å²) in [7, 11) is -1.74. The van der Waals surface area contributed by atoms with Crippen LogP contribution in [0.25, 0.3) is 11.0 Å². The summed E-state index contributed by atoms with van der Waals surface area (Å²) in [4.78, 5) is 32.4. The smallest absolute Gasteiger partial charge is 0.243 e. The van der Waals surface area contributed by atoms with Gasteiger partial charge in [-0.2, -0.15) is 4.31 Å². The minimum Gasteiger partial charge on any atom is -0.331 e. The first-order chi connectivity index (χ1) is 14.7. The minimum atomic E-state index is -3.57. The van der Waals surface area contributed by atoms with Gasteiger partial charge in [0.05, 0.1) is 15.9 Å². The SMILES string of the molecule is CCN(CC)S(=O)(=O)c1ccc2c(c1)nc(CCC(=O)Nc1nc(C(C)=O)cs1)n2C. The lowest BCUT2D eigenvalue weighted by atomic mass is 10.3. The number of carbonyl (C=O) groups excluding carboxylic acids is 2. The number of hydrogen-bond acceptors (Lipinski definition) is 7. The average Bonchev–Trinajstić information content (AvgIpc) is 3.31. The average molecular weight is 464 g/mol. The molecule has 0 spiro atoms. The van der Waals surface area contributed by atoms with Gasteiger partial charge in [0, 0.05) is 45.3 Å². The highest BCUT2D eigenvalue weighted by Gasteiger charge is 2.23. The molecule has 0 unspecified atom stereocenters. The Kier molecular flexibility index (Phi) is 6.87. The van der Waals surface area contributed by atoms with Gasteiger partial charge in [-0.05, 0) is 18.2 Å². The van der Waals surface area contributed by atoms with Crippen molar-refractivity contribution in [2.45, 2.75) is 38.5 Å². The van der Waals surface area contributed by atoms with Crippen LogP contribution in [0.1, 0.15) is 43.5 Å². The van der Waals surface area contributed by atoms with Crippen molar-refractivity contribution in [3.8, 4) is 0 Å². The van der Waals surface area contributed by atoms with E-state index < -0.39 is 10.0 Å². The Balaban J connectivity index is 1.74. The zero-order valence-corrected chi connectivity index (χ0v) is 19.5. The Morgan fingerprint density at radius 1 is 1.19 bits per heavy atom. The van der Waals surface area contributed by atoms with E-state index in [1.807, 2.05) is 11.6 Å². The quantitative estimate of drug-likeness (QED) is 0.488. The molecule has 3 aromatic rings. The highest BCUT2D eigenvalue weighted by atomic mass is 32.2. The molecule has 9 nitrogen and oxygen atoms in total. The third-order valence-corrected chi connectivity index (χ3v) is 7.78. The van der Waals surface area contributed by atoms with Gasteiger partial charge in [0.15, 0.2) is 10.9 Å². The molecule has 0 aliphatic heterocycles. The van der Waals surface area contributed by atoms with E-state index in [2.05, 4.69) is 15.3 Å². The maximum Gasteiger partial charge on any atom is 0.243 e. The molecule has 11 heteroatoms. The van der Waals surface area contributed by atoms with Gasteiger partial charge in [-0.1, -0.05) is 13.8 Å². The summed E-state index contributed by atoms with van der Waals surface area (Å²) in [5.74, 6) is 0.284. The van der Waals surface area contributed by atoms with Crippen molar-refractivity contribution in [2.24, 2.45) is 7.05 Å². The van der Waals surface area contributed by atoms with Crippen LogP contribution >= 0.6 is 11.3 Å². The zero-order valence-electron chi connectivity index (χ0n) is 17.9. The van der Waals surface area contributed by atoms with Crippen LogP contribution in [0.2, 0.25) is 0 Å². The van der Waals surface area contributed by atoms with Gasteiger partial charge < -0.3 is 9.88 Å². The van der Waals surface area contributed by atoms with Crippen molar-refractivity contribution < 1.29 is 18.0 Å². The number of imidazole rings is 1. The van der Waals surface area contributed by atoms with Crippen LogP contribution in [0, 0.1) is 0 Å². The van der Waals surface area contributed by atoms with E-state index in [4.69, 9.17) is 0 Å². The summed E-state index contributed by atoms with van der Waals surface area (Å²) in [6.45, 7) is 5.82. The first-order valence-electron chi connectivity index (χ1n) is 9.89. The maximum atomic E-state index is 12.8. The fraction of sp³-hybridized carbons (Fsp3) is 0.400. The van der Waals surface area contributed by atoms with Crippen LogP contribution in [0.4, 0.5) is 5.13 Å². The maximum absolute atomic E-state index is 12.8. The molecule has 31 heavy (non-hydrogen) atoms. The molecule has 1 N–H and O–H groups in total. The number of fused-ring (bicyclic) bond motifs is 1. The largest absolute Gasteiger partial charge is 0.331 e. The zero-order chi connectivity index (χ0) is 22.8. The van der Waals surface area contributed by atoms with Gasteiger partial charge >= 0.3 is 0 Å².